The predicted octanol–water partition coefficient (Wildman–Crippen LogP) is 3.02. The highest BCUT2D eigenvalue weighted by molar-refractivity contribution is 7.12. The first kappa shape index (κ1) is 13.4. The largest absolute Gasteiger partial charge is 0.331 e. The van der Waals surface area contributed by atoms with E-state index in [4.69, 9.17) is 0 Å². The number of amides is 1. The van der Waals surface area contributed by atoms with Crippen LogP contribution < -0.4 is 0 Å². The highest BCUT2D eigenvalue weighted by Gasteiger charge is 2.32. The summed E-state index contributed by atoms with van der Waals surface area (Å²) in [5, 5.41) is 6.25. The lowest BCUT2D eigenvalue weighted by atomic mass is 10.1. The molecule has 0 spiro atoms. The molecular weight excluding hydrogens is 270 g/mol. The van der Waals surface area contributed by atoms with Gasteiger partial charge >= 0.3 is 0 Å². The van der Waals surface area contributed by atoms with E-state index < -0.39 is 0 Å². The maximum Gasteiger partial charge on any atom is 0.264 e. The van der Waals surface area contributed by atoms with Gasteiger partial charge in [0, 0.05) is 25.4 Å². The molecular formula is C15H19N3OS. The van der Waals surface area contributed by atoms with Crippen molar-refractivity contribution in [2.24, 2.45) is 7.05 Å². The standard InChI is InChI=1S/C15H19N3OS/c1-3-11-6-8-20-14(11)15(19)18-7-4-5-13(18)12-9-16-17(2)10-12/h6,8-10,13H,3-5,7H2,1-2H3. The van der Waals surface area contributed by atoms with Crippen molar-refractivity contribution in [1.29, 1.82) is 0 Å². The summed E-state index contributed by atoms with van der Waals surface area (Å²) in [5.74, 6) is 0.184. The average Bonchev–Trinajstić information content (AvgIpc) is 3.17. The van der Waals surface area contributed by atoms with Crippen LogP contribution in [0.4, 0.5) is 0 Å². The van der Waals surface area contributed by atoms with E-state index in [0.717, 1.165) is 41.8 Å². The van der Waals surface area contributed by atoms with E-state index >= 15 is 0 Å². The molecule has 0 aliphatic carbocycles. The number of carbonyl (C=O) groups excluding carboxylic acids is 1. The van der Waals surface area contributed by atoms with Crippen LogP contribution in [0.1, 0.15) is 46.6 Å². The van der Waals surface area contributed by atoms with Crippen molar-refractivity contribution in [2.45, 2.75) is 32.2 Å². The Balaban J connectivity index is 1.87. The fourth-order valence-electron chi connectivity index (χ4n) is 2.90. The monoisotopic (exact) mass is 289 g/mol. The van der Waals surface area contributed by atoms with E-state index in [1.807, 2.05) is 29.7 Å². The summed E-state index contributed by atoms with van der Waals surface area (Å²) in [5.41, 5.74) is 2.31. The van der Waals surface area contributed by atoms with Gasteiger partial charge in [-0.05, 0) is 36.3 Å². The summed E-state index contributed by atoms with van der Waals surface area (Å²) in [4.78, 5) is 15.7. The smallest absolute Gasteiger partial charge is 0.264 e. The highest BCUT2D eigenvalue weighted by atomic mass is 32.1. The van der Waals surface area contributed by atoms with Crippen LogP contribution in [-0.4, -0.2) is 27.1 Å². The maximum atomic E-state index is 12.8. The minimum Gasteiger partial charge on any atom is -0.331 e. The van der Waals surface area contributed by atoms with Crippen LogP contribution in [0.25, 0.3) is 0 Å². The highest BCUT2D eigenvalue weighted by Crippen LogP contribution is 2.34. The molecule has 1 amide bonds. The van der Waals surface area contributed by atoms with Gasteiger partial charge in [-0.2, -0.15) is 5.10 Å². The molecule has 0 N–H and O–H groups in total. The normalized spacial score (nSPS) is 18.7. The fraction of sp³-hybridized carbons (Fsp3) is 0.467. The van der Waals surface area contributed by atoms with Crippen molar-refractivity contribution < 1.29 is 4.79 Å². The molecule has 1 aliphatic heterocycles. The molecule has 4 nitrogen and oxygen atoms in total. The van der Waals surface area contributed by atoms with Gasteiger partial charge in [-0.15, -0.1) is 11.3 Å². The van der Waals surface area contributed by atoms with Crippen LogP contribution in [-0.2, 0) is 13.5 Å². The summed E-state index contributed by atoms with van der Waals surface area (Å²) in [7, 11) is 1.92. The molecule has 1 atom stereocenters. The summed E-state index contributed by atoms with van der Waals surface area (Å²) in [6, 6.07) is 2.25. The zero-order valence-electron chi connectivity index (χ0n) is 11.9. The number of hydrogen-bond donors (Lipinski definition) is 0. The Labute approximate surface area is 123 Å². The van der Waals surface area contributed by atoms with Crippen molar-refractivity contribution in [1.82, 2.24) is 14.7 Å². The quantitative estimate of drug-likeness (QED) is 0.871. The fourth-order valence-corrected chi connectivity index (χ4v) is 3.85. The van der Waals surface area contributed by atoms with Crippen LogP contribution in [0.5, 0.6) is 0 Å². The van der Waals surface area contributed by atoms with Gasteiger partial charge < -0.3 is 4.90 Å². The number of aryl methyl sites for hydroxylation is 2. The first-order chi connectivity index (χ1) is 9.70. The van der Waals surface area contributed by atoms with E-state index in [-0.39, 0.29) is 11.9 Å². The number of carbonyl (C=O) groups is 1. The van der Waals surface area contributed by atoms with Gasteiger partial charge in [-0.1, -0.05) is 6.92 Å². The average molecular weight is 289 g/mol. The van der Waals surface area contributed by atoms with E-state index in [1.165, 1.54) is 0 Å². The van der Waals surface area contributed by atoms with Crippen molar-refractivity contribution in [3.05, 3.63) is 39.8 Å². The first-order valence-corrected chi connectivity index (χ1v) is 7.94. The second kappa shape index (κ2) is 5.40. The number of hydrogen-bond acceptors (Lipinski definition) is 3. The number of likely N-dealkylation sites (tertiary alicyclic amines) is 1. The molecule has 20 heavy (non-hydrogen) atoms. The molecule has 5 heteroatoms. The summed E-state index contributed by atoms with van der Waals surface area (Å²) >= 11 is 1.56. The molecule has 3 rings (SSSR count). The Bertz CT molecular complexity index is 616. The van der Waals surface area contributed by atoms with E-state index in [0.29, 0.717) is 0 Å². The minimum absolute atomic E-state index is 0.183. The molecule has 0 bridgehead atoms. The van der Waals surface area contributed by atoms with Crippen LogP contribution >= 0.6 is 11.3 Å². The number of nitrogens with zero attached hydrogens (tertiary/aromatic N) is 3. The molecule has 106 valence electrons. The van der Waals surface area contributed by atoms with Gasteiger partial charge in [-0.25, -0.2) is 0 Å². The second-order valence-corrected chi connectivity index (χ2v) is 6.15. The van der Waals surface area contributed by atoms with Crippen LogP contribution in [0, 0.1) is 0 Å². The van der Waals surface area contributed by atoms with Gasteiger partial charge in [0.2, 0.25) is 0 Å². The topological polar surface area (TPSA) is 38.1 Å². The third-order valence-corrected chi connectivity index (χ3v) is 4.89. The van der Waals surface area contributed by atoms with Crippen molar-refractivity contribution in [3.63, 3.8) is 0 Å². The van der Waals surface area contributed by atoms with Gasteiger partial charge in [-0.3, -0.25) is 9.48 Å². The van der Waals surface area contributed by atoms with Crippen LogP contribution in [0.2, 0.25) is 0 Å². The van der Waals surface area contributed by atoms with Gasteiger partial charge in [0.25, 0.3) is 5.91 Å². The van der Waals surface area contributed by atoms with Crippen LogP contribution in [0.3, 0.4) is 0 Å². The molecule has 2 aromatic rings. The minimum atomic E-state index is 0.183. The molecule has 1 saturated heterocycles. The molecule has 0 aromatic carbocycles. The molecule has 0 radical (unpaired) electrons. The van der Waals surface area contributed by atoms with Crippen molar-refractivity contribution in [2.75, 3.05) is 6.54 Å². The molecule has 1 fully saturated rings. The van der Waals surface area contributed by atoms with Crippen molar-refractivity contribution >= 4 is 17.2 Å². The van der Waals surface area contributed by atoms with Crippen LogP contribution in [0.15, 0.2) is 23.8 Å². The molecule has 2 aromatic heterocycles. The zero-order chi connectivity index (χ0) is 14.1. The molecule has 1 aliphatic rings. The lowest BCUT2D eigenvalue weighted by molar-refractivity contribution is 0.0739. The Morgan fingerprint density at radius 3 is 3.10 bits per heavy atom. The third-order valence-electron chi connectivity index (χ3n) is 3.95. The predicted molar refractivity (Wildman–Crippen MR) is 79.9 cm³/mol. The van der Waals surface area contributed by atoms with E-state index in [2.05, 4.69) is 18.1 Å². The van der Waals surface area contributed by atoms with E-state index in [9.17, 15) is 4.79 Å². The Morgan fingerprint density at radius 2 is 2.40 bits per heavy atom. The third kappa shape index (κ3) is 2.26. The maximum absolute atomic E-state index is 12.8. The SMILES string of the molecule is CCc1ccsc1C(=O)N1CCCC1c1cnn(C)c1. The lowest BCUT2D eigenvalue weighted by Gasteiger charge is -2.23. The summed E-state index contributed by atoms with van der Waals surface area (Å²) < 4.78 is 1.80. The Kier molecular flexibility index (Phi) is 3.61. The Hall–Kier alpha value is -1.62. The van der Waals surface area contributed by atoms with Gasteiger partial charge in [0.1, 0.15) is 0 Å². The summed E-state index contributed by atoms with van der Waals surface area (Å²) in [6.45, 7) is 2.95. The van der Waals surface area contributed by atoms with Gasteiger partial charge in [0.05, 0.1) is 17.1 Å². The Morgan fingerprint density at radius 1 is 1.55 bits per heavy atom. The number of thiophene rings is 1. The number of aromatic nitrogens is 2. The van der Waals surface area contributed by atoms with Crippen molar-refractivity contribution in [3.8, 4) is 0 Å². The molecule has 3 heterocycles. The molecule has 0 saturated carbocycles. The number of rotatable bonds is 3. The first-order valence-electron chi connectivity index (χ1n) is 7.06. The van der Waals surface area contributed by atoms with E-state index in [1.54, 1.807) is 16.0 Å². The van der Waals surface area contributed by atoms with Gasteiger partial charge in [0.15, 0.2) is 0 Å². The molecule has 1 unspecified atom stereocenters. The summed E-state index contributed by atoms with van der Waals surface area (Å²) in [6.07, 6.45) is 6.91. The zero-order valence-corrected chi connectivity index (χ0v) is 12.7. The lowest BCUT2D eigenvalue weighted by Crippen LogP contribution is -2.30. The second-order valence-electron chi connectivity index (χ2n) is 5.23.